The van der Waals surface area contributed by atoms with Gasteiger partial charge in [-0.05, 0) is 36.6 Å². The minimum absolute atomic E-state index is 0.0184. The number of rotatable bonds is 6. The van der Waals surface area contributed by atoms with Gasteiger partial charge in [0.05, 0.1) is 29.8 Å². The number of ether oxygens (including phenoxy) is 1. The van der Waals surface area contributed by atoms with Gasteiger partial charge < -0.3 is 4.74 Å². The van der Waals surface area contributed by atoms with E-state index in [1.165, 1.54) is 10.9 Å². The van der Waals surface area contributed by atoms with Crippen LogP contribution in [-0.4, -0.2) is 36.5 Å². The Bertz CT molecular complexity index is 967. The van der Waals surface area contributed by atoms with Crippen molar-refractivity contribution in [1.82, 2.24) is 9.78 Å². The maximum atomic E-state index is 13.8. The summed E-state index contributed by atoms with van der Waals surface area (Å²) in [5.41, 5.74) is 1.14. The monoisotopic (exact) mass is 410 g/mol. The first-order valence-corrected chi connectivity index (χ1v) is 10.4. The Kier molecular flexibility index (Phi) is 5.67. The standard InChI is InChI=1S/C18H20F2N4O3S/c19-18(20)6-5-14(12-28(22,25)26)15(7-18)11-27-17-3-1-16(2-4-17)24-10-13(8-21)9-23-24/h1-4,9-10,14-15H,5-7,11-12H2,(H2,22,25,26)/t14-,15-/m1/s1. The van der Waals surface area contributed by atoms with E-state index in [-0.39, 0.29) is 25.2 Å². The molecule has 0 saturated heterocycles. The largest absolute Gasteiger partial charge is 0.493 e. The first kappa shape index (κ1) is 20.2. The van der Waals surface area contributed by atoms with Crippen LogP contribution < -0.4 is 9.88 Å². The summed E-state index contributed by atoms with van der Waals surface area (Å²) in [5, 5.41) is 18.0. The topological polar surface area (TPSA) is 111 Å². The molecule has 1 fully saturated rings. The highest BCUT2D eigenvalue weighted by molar-refractivity contribution is 7.89. The molecule has 1 heterocycles. The van der Waals surface area contributed by atoms with Crippen molar-refractivity contribution < 1.29 is 21.9 Å². The average Bonchev–Trinajstić information content (AvgIpc) is 3.10. The van der Waals surface area contributed by atoms with Crippen LogP contribution in [-0.2, 0) is 10.0 Å². The summed E-state index contributed by atoms with van der Waals surface area (Å²) in [6.07, 6.45) is 2.36. The van der Waals surface area contributed by atoms with Crippen molar-refractivity contribution in [1.29, 1.82) is 5.26 Å². The molecule has 7 nitrogen and oxygen atoms in total. The van der Waals surface area contributed by atoms with Crippen molar-refractivity contribution in [2.45, 2.75) is 25.2 Å². The number of aromatic nitrogens is 2. The normalized spacial score (nSPS) is 21.8. The molecule has 0 unspecified atom stereocenters. The number of nitrogens with zero attached hydrogens (tertiary/aromatic N) is 3. The lowest BCUT2D eigenvalue weighted by Gasteiger charge is -2.35. The number of nitriles is 1. The second-order valence-corrected chi connectivity index (χ2v) is 8.70. The number of nitrogens with two attached hydrogens (primary N) is 1. The van der Waals surface area contributed by atoms with Gasteiger partial charge >= 0.3 is 0 Å². The van der Waals surface area contributed by atoms with Gasteiger partial charge in [0.15, 0.2) is 0 Å². The Hall–Kier alpha value is -2.51. The van der Waals surface area contributed by atoms with Gasteiger partial charge in [0, 0.05) is 25.0 Å². The van der Waals surface area contributed by atoms with E-state index in [4.69, 9.17) is 15.1 Å². The van der Waals surface area contributed by atoms with Gasteiger partial charge in [0.1, 0.15) is 11.8 Å². The molecule has 0 aliphatic heterocycles. The fraction of sp³-hybridized carbons (Fsp3) is 0.444. The van der Waals surface area contributed by atoms with E-state index in [9.17, 15) is 17.2 Å². The fourth-order valence-electron chi connectivity index (χ4n) is 3.42. The molecule has 0 spiro atoms. The molecule has 1 aromatic heterocycles. The van der Waals surface area contributed by atoms with Crippen molar-refractivity contribution in [3.05, 3.63) is 42.2 Å². The number of sulfonamides is 1. The summed E-state index contributed by atoms with van der Waals surface area (Å²) in [6, 6.07) is 8.77. The quantitative estimate of drug-likeness (QED) is 0.786. The van der Waals surface area contributed by atoms with Gasteiger partial charge in [-0.3, -0.25) is 0 Å². The SMILES string of the molecule is N#Cc1cnn(-c2ccc(OC[C@H]3CC(F)(F)CC[C@@H]3CS(N)(=O)=O)cc2)c1. The molecule has 28 heavy (non-hydrogen) atoms. The Morgan fingerprint density at radius 1 is 1.32 bits per heavy atom. The molecule has 150 valence electrons. The smallest absolute Gasteiger partial charge is 0.248 e. The maximum Gasteiger partial charge on any atom is 0.248 e. The number of alkyl halides is 2. The summed E-state index contributed by atoms with van der Waals surface area (Å²) in [7, 11) is -3.75. The van der Waals surface area contributed by atoms with Crippen LogP contribution in [0.15, 0.2) is 36.7 Å². The van der Waals surface area contributed by atoms with Gasteiger partial charge in [0.2, 0.25) is 15.9 Å². The number of hydrogen-bond acceptors (Lipinski definition) is 5. The summed E-state index contributed by atoms with van der Waals surface area (Å²) in [5.74, 6) is -3.74. The maximum absolute atomic E-state index is 13.8. The molecule has 2 atom stereocenters. The molecule has 0 radical (unpaired) electrons. The van der Waals surface area contributed by atoms with Crippen molar-refractivity contribution in [3.63, 3.8) is 0 Å². The van der Waals surface area contributed by atoms with Crippen LogP contribution in [0.5, 0.6) is 5.75 Å². The second kappa shape index (κ2) is 7.85. The van der Waals surface area contributed by atoms with E-state index in [2.05, 4.69) is 5.10 Å². The van der Waals surface area contributed by atoms with E-state index in [1.54, 1.807) is 30.5 Å². The van der Waals surface area contributed by atoms with Crippen molar-refractivity contribution in [3.8, 4) is 17.5 Å². The molecule has 2 aromatic rings. The molecule has 1 saturated carbocycles. The summed E-state index contributed by atoms with van der Waals surface area (Å²) >= 11 is 0. The highest BCUT2D eigenvalue weighted by Gasteiger charge is 2.42. The molecule has 0 amide bonds. The first-order valence-electron chi connectivity index (χ1n) is 8.71. The zero-order valence-electron chi connectivity index (χ0n) is 15.0. The number of hydrogen-bond donors (Lipinski definition) is 1. The Labute approximate surface area is 161 Å². The number of benzene rings is 1. The van der Waals surface area contributed by atoms with E-state index in [0.29, 0.717) is 17.0 Å². The molecule has 1 aliphatic rings. The van der Waals surface area contributed by atoms with Crippen LogP contribution in [0.1, 0.15) is 24.8 Å². The Balaban J connectivity index is 1.66. The van der Waals surface area contributed by atoms with Crippen molar-refractivity contribution >= 4 is 10.0 Å². The van der Waals surface area contributed by atoms with Gasteiger partial charge in [-0.1, -0.05) is 0 Å². The predicted molar refractivity (Wildman–Crippen MR) is 97.5 cm³/mol. The Morgan fingerprint density at radius 3 is 2.64 bits per heavy atom. The Morgan fingerprint density at radius 2 is 2.04 bits per heavy atom. The lowest BCUT2D eigenvalue weighted by molar-refractivity contribution is -0.0735. The second-order valence-electron chi connectivity index (χ2n) is 7.04. The third kappa shape index (κ3) is 5.27. The van der Waals surface area contributed by atoms with E-state index in [0.717, 1.165) is 0 Å². The minimum Gasteiger partial charge on any atom is -0.493 e. The molecule has 3 rings (SSSR count). The molecular weight excluding hydrogens is 390 g/mol. The molecule has 1 aliphatic carbocycles. The molecular formula is C18H20F2N4O3S. The first-order chi connectivity index (χ1) is 13.1. The van der Waals surface area contributed by atoms with Crippen molar-refractivity contribution in [2.24, 2.45) is 17.0 Å². The van der Waals surface area contributed by atoms with Gasteiger partial charge in [-0.25, -0.2) is 27.0 Å². The lowest BCUT2D eigenvalue weighted by Crippen LogP contribution is -2.39. The van der Waals surface area contributed by atoms with Crippen LogP contribution in [0.2, 0.25) is 0 Å². The molecule has 1 aromatic carbocycles. The summed E-state index contributed by atoms with van der Waals surface area (Å²) < 4.78 is 57.6. The summed E-state index contributed by atoms with van der Waals surface area (Å²) in [4.78, 5) is 0. The van der Waals surface area contributed by atoms with Crippen LogP contribution in [0.25, 0.3) is 5.69 Å². The fourth-order valence-corrected chi connectivity index (χ4v) is 4.45. The zero-order chi connectivity index (χ0) is 20.4. The average molecular weight is 410 g/mol. The minimum atomic E-state index is -3.75. The zero-order valence-corrected chi connectivity index (χ0v) is 15.8. The van der Waals surface area contributed by atoms with E-state index < -0.39 is 34.2 Å². The van der Waals surface area contributed by atoms with Crippen LogP contribution in [0, 0.1) is 23.2 Å². The van der Waals surface area contributed by atoms with Crippen LogP contribution in [0.4, 0.5) is 8.78 Å². The van der Waals surface area contributed by atoms with Crippen molar-refractivity contribution in [2.75, 3.05) is 12.4 Å². The molecule has 2 N–H and O–H groups in total. The summed E-state index contributed by atoms with van der Waals surface area (Å²) in [6.45, 7) is -0.0184. The van der Waals surface area contributed by atoms with E-state index in [1.807, 2.05) is 6.07 Å². The third-order valence-electron chi connectivity index (χ3n) is 4.83. The predicted octanol–water partition coefficient (Wildman–Crippen LogP) is 2.46. The van der Waals surface area contributed by atoms with Gasteiger partial charge in [0.25, 0.3) is 0 Å². The highest BCUT2D eigenvalue weighted by atomic mass is 32.2. The number of halogens is 2. The van der Waals surface area contributed by atoms with Crippen LogP contribution in [0.3, 0.4) is 0 Å². The van der Waals surface area contributed by atoms with Gasteiger partial charge in [-0.15, -0.1) is 0 Å². The lowest BCUT2D eigenvalue weighted by atomic mass is 9.79. The van der Waals surface area contributed by atoms with E-state index >= 15 is 0 Å². The highest BCUT2D eigenvalue weighted by Crippen LogP contribution is 2.40. The van der Waals surface area contributed by atoms with Crippen LogP contribution >= 0.6 is 0 Å². The number of primary sulfonamides is 1. The molecule has 0 bridgehead atoms. The van der Waals surface area contributed by atoms with Gasteiger partial charge in [-0.2, -0.15) is 10.4 Å². The molecule has 10 heteroatoms. The third-order valence-corrected chi connectivity index (χ3v) is 5.72.